The van der Waals surface area contributed by atoms with Crippen molar-refractivity contribution in [2.45, 2.75) is 63.1 Å². The zero-order valence-corrected chi connectivity index (χ0v) is 25.4. The quantitative estimate of drug-likeness (QED) is 0.177. The van der Waals surface area contributed by atoms with Gasteiger partial charge in [-0.15, -0.1) is 0 Å². The highest BCUT2D eigenvalue weighted by Gasteiger charge is 2.61. The van der Waals surface area contributed by atoms with Crippen molar-refractivity contribution < 1.29 is 42.5 Å². The van der Waals surface area contributed by atoms with E-state index in [0.29, 0.717) is 0 Å². The predicted octanol–water partition coefficient (Wildman–Crippen LogP) is 6.43. The van der Waals surface area contributed by atoms with Crippen LogP contribution in [0.4, 0.5) is 4.79 Å². The fourth-order valence-corrected chi connectivity index (χ4v) is 6.50. The minimum absolute atomic E-state index is 0.147. The van der Waals surface area contributed by atoms with E-state index in [-0.39, 0.29) is 26.4 Å². The van der Waals surface area contributed by atoms with Crippen molar-refractivity contribution in [1.82, 2.24) is 0 Å². The van der Waals surface area contributed by atoms with E-state index in [1.807, 2.05) is 121 Å². The fourth-order valence-electron chi connectivity index (χ4n) is 5.59. The van der Waals surface area contributed by atoms with Gasteiger partial charge in [0.2, 0.25) is 0 Å². The molecule has 0 amide bonds. The van der Waals surface area contributed by atoms with Gasteiger partial charge >= 0.3 is 13.3 Å². The van der Waals surface area contributed by atoms with Crippen LogP contribution in [0.25, 0.3) is 0 Å². The molecule has 1 aliphatic heterocycles. The third kappa shape index (κ3) is 7.77. The summed E-state index contributed by atoms with van der Waals surface area (Å²) < 4.78 is 50.3. The normalized spacial score (nSPS) is 27.8. The largest absolute Gasteiger partial charge is 0.448 e. The van der Waals surface area contributed by atoms with Gasteiger partial charge in [0.25, 0.3) is 0 Å². The summed E-state index contributed by atoms with van der Waals surface area (Å²) in [6.07, 6.45) is -5.87. The first-order valence-electron chi connectivity index (χ1n) is 14.8. The van der Waals surface area contributed by atoms with Gasteiger partial charge in [-0.2, -0.15) is 0 Å². The first-order valence-corrected chi connectivity index (χ1v) is 16.4. The summed E-state index contributed by atoms with van der Waals surface area (Å²) in [7, 11) is -4.78. The Hall–Kier alpha value is -3.66. The van der Waals surface area contributed by atoms with Crippen LogP contribution in [0, 0.1) is 0 Å². The molecule has 4 aromatic carbocycles. The summed E-state index contributed by atoms with van der Waals surface area (Å²) in [6, 6.07) is 38.3. The monoisotopic (exact) mass is 630 g/mol. The molecule has 4 aromatic rings. The van der Waals surface area contributed by atoms with E-state index >= 15 is 0 Å². The Bertz CT molecular complexity index is 1560. The van der Waals surface area contributed by atoms with E-state index in [2.05, 4.69) is 0 Å². The lowest BCUT2D eigenvalue weighted by atomic mass is 9.83. The Morgan fingerprint density at radius 3 is 1.18 bits per heavy atom. The molecule has 1 N–H and O–H groups in total. The van der Waals surface area contributed by atoms with Gasteiger partial charge in [-0.1, -0.05) is 121 Å². The first kappa shape index (κ1) is 31.3. The summed E-state index contributed by atoms with van der Waals surface area (Å²) in [4.78, 5) is 23.2. The topological polar surface area (TPSA) is 110 Å². The van der Waals surface area contributed by atoms with Gasteiger partial charge in [0, 0.05) is 0 Å². The maximum atomic E-state index is 12.9. The lowest BCUT2D eigenvalue weighted by Gasteiger charge is -2.50. The van der Waals surface area contributed by atoms with Gasteiger partial charge in [0.05, 0.1) is 26.4 Å². The zero-order chi connectivity index (χ0) is 31.1. The molecule has 1 saturated carbocycles. The third-order valence-corrected chi connectivity index (χ3v) is 8.91. The lowest BCUT2D eigenvalue weighted by molar-refractivity contribution is -0.272. The predicted molar refractivity (Wildman–Crippen MR) is 165 cm³/mol. The van der Waals surface area contributed by atoms with Crippen molar-refractivity contribution in [3.05, 3.63) is 144 Å². The van der Waals surface area contributed by atoms with E-state index in [1.165, 1.54) is 0 Å². The van der Waals surface area contributed by atoms with Crippen LogP contribution in [0.1, 0.15) is 22.3 Å². The van der Waals surface area contributed by atoms with Crippen molar-refractivity contribution in [3.8, 4) is 0 Å². The number of carbonyl (C=O) groups is 1. The average molecular weight is 631 g/mol. The molecule has 45 heavy (non-hydrogen) atoms. The standard InChI is InChI=1S/C35H35O9P/c36-35-43-33-31(41-23-27-17-9-3-10-18-27)29(39-21-25-13-5-1-6-14-25)30(40-22-26-15-7-2-8-16-26)32(34(33)44-45(35,37)38)42-24-28-19-11-4-12-20-28/h1-20,29-34H,21-24H2,(H,37,38)/t29-,30-,31+,32+,33+,34-/m1/s1. The molecule has 2 fully saturated rings. The Labute approximate surface area is 262 Å². The highest BCUT2D eigenvalue weighted by Crippen LogP contribution is 2.53. The molecule has 0 bridgehead atoms. The summed E-state index contributed by atoms with van der Waals surface area (Å²) in [5.74, 6) is 0. The maximum absolute atomic E-state index is 12.9. The Kier molecular flexibility index (Phi) is 10.2. The third-order valence-electron chi connectivity index (χ3n) is 7.82. The molecule has 1 saturated heterocycles. The van der Waals surface area contributed by atoms with Crippen LogP contribution in [0.15, 0.2) is 121 Å². The van der Waals surface area contributed by atoms with E-state index in [4.69, 9.17) is 28.2 Å². The Morgan fingerprint density at radius 1 is 0.511 bits per heavy atom. The molecule has 1 unspecified atom stereocenters. The SMILES string of the molecule is O=C1O[C@H]2[C@@H](OCc3ccccc3)[C@H](OCc3ccccc3)[C@@H](OCc3ccccc3)[C@H](OCc3ccccc3)[C@H]2OP1(=O)O. The second-order valence-corrected chi connectivity index (χ2v) is 12.6. The average Bonchev–Trinajstić information content (AvgIpc) is 3.07. The smallest absolute Gasteiger partial charge is 0.436 e. The van der Waals surface area contributed by atoms with Gasteiger partial charge in [-0.3, -0.25) is 4.52 Å². The second kappa shape index (κ2) is 14.6. The molecule has 1 heterocycles. The molecule has 0 aromatic heterocycles. The van der Waals surface area contributed by atoms with E-state index in [9.17, 15) is 14.3 Å². The van der Waals surface area contributed by atoms with Gasteiger partial charge in [0.15, 0.2) is 6.10 Å². The molecule has 6 rings (SSSR count). The van der Waals surface area contributed by atoms with Crippen LogP contribution < -0.4 is 0 Å². The Balaban J connectivity index is 1.38. The van der Waals surface area contributed by atoms with Crippen LogP contribution in [0.3, 0.4) is 0 Å². The van der Waals surface area contributed by atoms with Gasteiger partial charge in [0.1, 0.15) is 30.5 Å². The molecule has 9 nitrogen and oxygen atoms in total. The minimum atomic E-state index is -4.78. The van der Waals surface area contributed by atoms with Crippen molar-refractivity contribution >= 4 is 13.3 Å². The van der Waals surface area contributed by atoms with Crippen LogP contribution in [-0.4, -0.2) is 47.2 Å². The van der Waals surface area contributed by atoms with Crippen LogP contribution in [0.5, 0.6) is 0 Å². The van der Waals surface area contributed by atoms with Crippen LogP contribution >= 0.6 is 7.60 Å². The highest BCUT2D eigenvalue weighted by atomic mass is 31.2. The van der Waals surface area contributed by atoms with Crippen LogP contribution in [0.2, 0.25) is 0 Å². The summed E-state index contributed by atoms with van der Waals surface area (Å²) in [6.45, 7) is 0.711. The van der Waals surface area contributed by atoms with Crippen molar-refractivity contribution in [2.75, 3.05) is 0 Å². The molecule has 7 atom stereocenters. The first-order chi connectivity index (χ1) is 22.0. The summed E-state index contributed by atoms with van der Waals surface area (Å²) >= 11 is 0. The molecule has 2 aliphatic rings. The minimum Gasteiger partial charge on any atom is -0.448 e. The van der Waals surface area contributed by atoms with E-state index in [1.54, 1.807) is 0 Å². The van der Waals surface area contributed by atoms with E-state index in [0.717, 1.165) is 22.3 Å². The number of carbonyl (C=O) groups excluding carboxylic acids is 1. The lowest BCUT2D eigenvalue weighted by Crippen LogP contribution is -2.68. The number of rotatable bonds is 12. The highest BCUT2D eigenvalue weighted by molar-refractivity contribution is 7.70. The number of benzene rings is 4. The van der Waals surface area contributed by atoms with Crippen molar-refractivity contribution in [2.24, 2.45) is 0 Å². The molecule has 0 spiro atoms. The van der Waals surface area contributed by atoms with Crippen LogP contribution in [-0.2, 0) is 59.2 Å². The summed E-state index contributed by atoms with van der Waals surface area (Å²) in [5.41, 5.74) is 2.25. The van der Waals surface area contributed by atoms with Gasteiger partial charge < -0.3 is 28.6 Å². The number of ether oxygens (including phenoxy) is 5. The Morgan fingerprint density at radius 2 is 0.822 bits per heavy atom. The number of fused-ring (bicyclic) bond motifs is 1. The maximum Gasteiger partial charge on any atom is 0.436 e. The molecule has 1 aliphatic carbocycles. The van der Waals surface area contributed by atoms with E-state index < -0.39 is 49.9 Å². The fraction of sp³-hybridized carbons (Fsp3) is 0.286. The molecule has 10 heteroatoms. The van der Waals surface area contributed by atoms with Gasteiger partial charge in [-0.25, -0.2) is 9.36 Å². The number of hydrogen-bond donors (Lipinski definition) is 1. The van der Waals surface area contributed by atoms with Crippen molar-refractivity contribution in [3.63, 3.8) is 0 Å². The zero-order valence-electron chi connectivity index (χ0n) is 24.5. The number of hydrogen-bond acceptors (Lipinski definition) is 8. The van der Waals surface area contributed by atoms with Gasteiger partial charge in [-0.05, 0) is 22.3 Å². The molecule has 0 radical (unpaired) electrons. The summed E-state index contributed by atoms with van der Waals surface area (Å²) in [5, 5.41) is 0. The molecular weight excluding hydrogens is 595 g/mol. The van der Waals surface area contributed by atoms with Crippen molar-refractivity contribution in [1.29, 1.82) is 0 Å². The molecule has 234 valence electrons. The second-order valence-electron chi connectivity index (χ2n) is 11.0. The molecular formula is C35H35O9P.